The minimum atomic E-state index is -0.407. The van der Waals surface area contributed by atoms with Crippen LogP contribution in [0.4, 0.5) is 4.39 Å². The normalized spacial score (nSPS) is 20.1. The van der Waals surface area contributed by atoms with Crippen molar-refractivity contribution < 1.29 is 13.9 Å². The topological polar surface area (TPSA) is 62.2 Å². The van der Waals surface area contributed by atoms with Crippen LogP contribution in [0.25, 0.3) is 0 Å². The minimum absolute atomic E-state index is 0.181. The molecule has 4 rings (SSSR count). The molecule has 2 fully saturated rings. The number of benzene rings is 1. The predicted molar refractivity (Wildman–Crippen MR) is 118 cm³/mol. The van der Waals surface area contributed by atoms with Crippen molar-refractivity contribution in [2.24, 2.45) is 4.99 Å². The maximum absolute atomic E-state index is 14.5. The van der Waals surface area contributed by atoms with Crippen LogP contribution < -0.4 is 10.1 Å². The summed E-state index contributed by atoms with van der Waals surface area (Å²) in [7, 11) is 0. The van der Waals surface area contributed by atoms with Gasteiger partial charge in [-0.25, -0.2) is 9.38 Å². The molecule has 1 N–H and O–H groups in total. The molecule has 2 aliphatic rings. The number of aliphatic imine (C=N–C) groups is 1. The van der Waals surface area contributed by atoms with E-state index in [-0.39, 0.29) is 5.75 Å². The van der Waals surface area contributed by atoms with E-state index < -0.39 is 5.82 Å². The van der Waals surface area contributed by atoms with Crippen LogP contribution in [0.5, 0.6) is 11.5 Å². The smallest absolute Gasteiger partial charge is 0.194 e. The molecule has 0 amide bonds. The summed E-state index contributed by atoms with van der Waals surface area (Å²) in [4.78, 5) is 13.6. The minimum Gasteiger partial charge on any atom is -0.453 e. The highest BCUT2D eigenvalue weighted by Crippen LogP contribution is 2.25. The van der Waals surface area contributed by atoms with Crippen LogP contribution in [0.1, 0.15) is 18.9 Å². The molecule has 1 unspecified atom stereocenters. The Labute approximate surface area is 182 Å². The molecule has 2 saturated heterocycles. The number of halogens is 1. The Morgan fingerprint density at radius 3 is 2.90 bits per heavy atom. The highest BCUT2D eigenvalue weighted by Gasteiger charge is 2.30. The summed E-state index contributed by atoms with van der Waals surface area (Å²) in [6, 6.07) is 9.01. The number of hydrogen-bond donors (Lipinski definition) is 1. The van der Waals surface area contributed by atoms with Gasteiger partial charge in [0.2, 0.25) is 0 Å². The van der Waals surface area contributed by atoms with Crippen LogP contribution in [0, 0.1) is 5.82 Å². The molecule has 0 saturated carbocycles. The van der Waals surface area contributed by atoms with Gasteiger partial charge < -0.3 is 19.7 Å². The molecule has 0 radical (unpaired) electrons. The van der Waals surface area contributed by atoms with E-state index in [4.69, 9.17) is 14.5 Å². The third kappa shape index (κ3) is 5.71. The molecule has 2 aliphatic heterocycles. The Balaban J connectivity index is 1.38. The van der Waals surface area contributed by atoms with Crippen LogP contribution in [0.15, 0.2) is 47.7 Å². The first-order valence-corrected chi connectivity index (χ1v) is 10.9. The van der Waals surface area contributed by atoms with Gasteiger partial charge in [-0.15, -0.1) is 0 Å². The van der Waals surface area contributed by atoms with Crippen molar-refractivity contribution >= 4 is 5.96 Å². The molecular formula is C23H30FN5O2. The second-order valence-electron chi connectivity index (χ2n) is 7.76. The summed E-state index contributed by atoms with van der Waals surface area (Å²) in [5.74, 6) is 1.16. The van der Waals surface area contributed by atoms with E-state index in [1.165, 1.54) is 6.07 Å². The van der Waals surface area contributed by atoms with Crippen LogP contribution in [-0.2, 0) is 11.3 Å². The molecular weight excluding hydrogens is 397 g/mol. The number of likely N-dealkylation sites (tertiary alicyclic amines) is 1. The van der Waals surface area contributed by atoms with Gasteiger partial charge in [0.25, 0.3) is 0 Å². The summed E-state index contributed by atoms with van der Waals surface area (Å²) in [5.41, 5.74) is 0.801. The molecule has 1 aromatic heterocycles. The predicted octanol–water partition coefficient (Wildman–Crippen LogP) is 2.89. The Kier molecular flexibility index (Phi) is 7.32. The van der Waals surface area contributed by atoms with E-state index in [9.17, 15) is 4.39 Å². The molecule has 0 spiro atoms. The molecule has 3 heterocycles. The van der Waals surface area contributed by atoms with Crippen molar-refractivity contribution in [3.63, 3.8) is 0 Å². The van der Waals surface area contributed by atoms with Gasteiger partial charge in [0.05, 0.1) is 26.0 Å². The van der Waals surface area contributed by atoms with Gasteiger partial charge in [-0.2, -0.15) is 0 Å². The number of guanidine groups is 1. The van der Waals surface area contributed by atoms with Crippen molar-refractivity contribution in [1.29, 1.82) is 0 Å². The zero-order valence-electron chi connectivity index (χ0n) is 18.0. The number of nitrogens with zero attached hydrogens (tertiary/aromatic N) is 4. The summed E-state index contributed by atoms with van der Waals surface area (Å²) >= 11 is 0. The lowest BCUT2D eigenvalue weighted by atomic mass is 10.2. The van der Waals surface area contributed by atoms with Crippen molar-refractivity contribution in [1.82, 2.24) is 20.1 Å². The third-order valence-electron chi connectivity index (χ3n) is 5.63. The van der Waals surface area contributed by atoms with Crippen LogP contribution in [-0.4, -0.2) is 72.7 Å². The number of rotatable bonds is 6. The number of nitrogens with one attached hydrogen (secondary N) is 1. The molecule has 1 atom stereocenters. The number of ether oxygens (including phenoxy) is 2. The second kappa shape index (κ2) is 10.5. The first kappa shape index (κ1) is 21.5. The summed E-state index contributed by atoms with van der Waals surface area (Å²) < 4.78 is 25.6. The monoisotopic (exact) mass is 427 g/mol. The SMILES string of the molecule is CCNC(=NCc1ccc(Oc2cccnc2)c(F)c1)N1CCC(N2CCOCC2)C1. The average molecular weight is 428 g/mol. The number of morpholine rings is 1. The zero-order valence-corrected chi connectivity index (χ0v) is 18.0. The lowest BCUT2D eigenvalue weighted by Gasteiger charge is -2.32. The van der Waals surface area contributed by atoms with E-state index in [0.717, 1.165) is 63.9 Å². The second-order valence-corrected chi connectivity index (χ2v) is 7.76. The van der Waals surface area contributed by atoms with Crippen LogP contribution in [0.2, 0.25) is 0 Å². The van der Waals surface area contributed by atoms with Gasteiger partial charge >= 0.3 is 0 Å². The maximum atomic E-state index is 14.5. The fourth-order valence-corrected chi connectivity index (χ4v) is 4.03. The highest BCUT2D eigenvalue weighted by atomic mass is 19.1. The molecule has 7 nitrogen and oxygen atoms in total. The fraction of sp³-hybridized carbons (Fsp3) is 0.478. The van der Waals surface area contributed by atoms with Gasteiger partial charge in [0.15, 0.2) is 17.5 Å². The number of pyridine rings is 1. The van der Waals surface area contributed by atoms with E-state index >= 15 is 0 Å². The first-order valence-electron chi connectivity index (χ1n) is 10.9. The van der Waals surface area contributed by atoms with Crippen molar-refractivity contribution in [2.45, 2.75) is 25.9 Å². The lowest BCUT2D eigenvalue weighted by Crippen LogP contribution is -2.46. The molecule has 166 valence electrons. The Morgan fingerprint density at radius 2 is 2.16 bits per heavy atom. The fourth-order valence-electron chi connectivity index (χ4n) is 4.03. The zero-order chi connectivity index (χ0) is 21.5. The van der Waals surface area contributed by atoms with E-state index in [0.29, 0.717) is 18.3 Å². The summed E-state index contributed by atoms with van der Waals surface area (Å²) in [5, 5.41) is 3.38. The Bertz CT molecular complexity index is 874. The first-order chi connectivity index (χ1) is 15.2. The number of hydrogen-bond acceptors (Lipinski definition) is 5. The van der Waals surface area contributed by atoms with Crippen LogP contribution in [0.3, 0.4) is 0 Å². The molecule has 31 heavy (non-hydrogen) atoms. The Morgan fingerprint density at radius 1 is 1.29 bits per heavy atom. The molecule has 0 bridgehead atoms. The van der Waals surface area contributed by atoms with E-state index in [1.807, 2.05) is 6.07 Å². The van der Waals surface area contributed by atoms with Crippen LogP contribution >= 0.6 is 0 Å². The van der Waals surface area contributed by atoms with Crippen molar-refractivity contribution in [3.05, 3.63) is 54.1 Å². The third-order valence-corrected chi connectivity index (χ3v) is 5.63. The number of aromatic nitrogens is 1. The molecule has 8 heteroatoms. The molecule has 2 aromatic rings. The Hall–Kier alpha value is -2.71. The standard InChI is InChI=1S/C23H30FN5O2/c1-2-26-23(29-9-7-19(17-29)28-10-12-30-13-11-28)27-15-18-5-6-22(21(24)14-18)31-20-4-3-8-25-16-20/h3-6,8,14,16,19H,2,7,9-13,15,17H2,1H3,(H,26,27). The average Bonchev–Trinajstić information content (AvgIpc) is 3.30. The van der Waals surface area contributed by atoms with Gasteiger partial charge in [-0.1, -0.05) is 6.07 Å². The lowest BCUT2D eigenvalue weighted by molar-refractivity contribution is 0.0195. The van der Waals surface area contributed by atoms with Crippen molar-refractivity contribution in [3.8, 4) is 11.5 Å². The van der Waals surface area contributed by atoms with E-state index in [2.05, 4.69) is 27.0 Å². The quantitative estimate of drug-likeness (QED) is 0.565. The van der Waals surface area contributed by atoms with Gasteiger partial charge in [0, 0.05) is 45.0 Å². The summed E-state index contributed by atoms with van der Waals surface area (Å²) in [6.07, 6.45) is 4.33. The molecule has 0 aliphatic carbocycles. The largest absolute Gasteiger partial charge is 0.453 e. The maximum Gasteiger partial charge on any atom is 0.194 e. The van der Waals surface area contributed by atoms with Gasteiger partial charge in [-0.3, -0.25) is 9.88 Å². The highest BCUT2D eigenvalue weighted by molar-refractivity contribution is 5.80. The molecule has 1 aromatic carbocycles. The van der Waals surface area contributed by atoms with Gasteiger partial charge in [0.1, 0.15) is 5.75 Å². The van der Waals surface area contributed by atoms with Crippen molar-refractivity contribution in [2.75, 3.05) is 45.9 Å². The summed E-state index contributed by atoms with van der Waals surface area (Å²) in [6.45, 7) is 8.83. The van der Waals surface area contributed by atoms with Gasteiger partial charge in [-0.05, 0) is 43.2 Å². The van der Waals surface area contributed by atoms with E-state index in [1.54, 1.807) is 30.6 Å².